The topological polar surface area (TPSA) is 84.3 Å². The first kappa shape index (κ1) is 14.2. The molecule has 0 saturated heterocycles. The number of amides is 1. The molecule has 0 heterocycles. The average Bonchev–Trinajstić information content (AvgIpc) is 3.22. The molecule has 0 bridgehead atoms. The van der Waals surface area contributed by atoms with Crippen LogP contribution < -0.4 is 10.6 Å². The highest BCUT2D eigenvalue weighted by Crippen LogP contribution is 2.33. The molecule has 1 unspecified atom stereocenters. The van der Waals surface area contributed by atoms with Gasteiger partial charge in [-0.05, 0) is 31.7 Å². The summed E-state index contributed by atoms with van der Waals surface area (Å²) >= 11 is 0. The highest BCUT2D eigenvalue weighted by atomic mass is 19.1. The Labute approximate surface area is 115 Å². The Balaban J connectivity index is 2.31. The van der Waals surface area contributed by atoms with E-state index in [2.05, 4.69) is 10.6 Å². The highest BCUT2D eigenvalue weighted by Gasteiger charge is 2.31. The molecule has 7 heteroatoms. The van der Waals surface area contributed by atoms with Gasteiger partial charge in [0.15, 0.2) is 5.82 Å². The van der Waals surface area contributed by atoms with Gasteiger partial charge in [0, 0.05) is 13.1 Å². The fraction of sp³-hybridized carbons (Fsp3) is 0.462. The van der Waals surface area contributed by atoms with Crippen LogP contribution in [0.1, 0.15) is 30.1 Å². The van der Waals surface area contributed by atoms with Crippen LogP contribution in [0, 0.1) is 21.8 Å². The molecule has 1 aliphatic rings. The second-order valence-electron chi connectivity index (χ2n) is 4.96. The van der Waals surface area contributed by atoms with E-state index < -0.39 is 22.3 Å². The summed E-state index contributed by atoms with van der Waals surface area (Å²) in [6, 6.07) is 1.90. The monoisotopic (exact) mass is 281 g/mol. The molecule has 1 fully saturated rings. The molecule has 0 aliphatic heterocycles. The number of carbonyl (C=O) groups is 1. The van der Waals surface area contributed by atoms with Gasteiger partial charge in [-0.25, -0.2) is 4.39 Å². The lowest BCUT2D eigenvalue weighted by molar-refractivity contribution is -0.385. The Kier molecular flexibility index (Phi) is 3.87. The first-order valence-electron chi connectivity index (χ1n) is 6.40. The van der Waals surface area contributed by atoms with Gasteiger partial charge in [-0.3, -0.25) is 14.9 Å². The van der Waals surface area contributed by atoms with E-state index in [1.807, 2.05) is 6.92 Å². The lowest BCUT2D eigenvalue weighted by Gasteiger charge is -2.13. The highest BCUT2D eigenvalue weighted by molar-refractivity contribution is 5.99. The van der Waals surface area contributed by atoms with Crippen LogP contribution in [0.3, 0.4) is 0 Å². The number of nitro groups is 1. The Morgan fingerprint density at radius 3 is 2.65 bits per heavy atom. The summed E-state index contributed by atoms with van der Waals surface area (Å²) in [6.45, 7) is 1.86. The van der Waals surface area contributed by atoms with Crippen LogP contribution in [0.5, 0.6) is 0 Å². The van der Waals surface area contributed by atoms with Crippen molar-refractivity contribution in [3.8, 4) is 0 Å². The Bertz CT molecular complexity index is 558. The van der Waals surface area contributed by atoms with E-state index in [0.717, 1.165) is 18.9 Å². The molecular formula is C13H16FN3O3. The summed E-state index contributed by atoms with van der Waals surface area (Å²) in [6.07, 6.45) is 2.10. The van der Waals surface area contributed by atoms with Gasteiger partial charge in [-0.15, -0.1) is 0 Å². The predicted molar refractivity (Wildman–Crippen MR) is 72.3 cm³/mol. The second kappa shape index (κ2) is 5.44. The largest absolute Gasteiger partial charge is 0.386 e. The minimum atomic E-state index is -0.758. The van der Waals surface area contributed by atoms with Gasteiger partial charge in [-0.2, -0.15) is 0 Å². The standard InChI is InChI=1S/C13H16FN3O3/c1-7(8-3-4-8)16-13(18)9-5-11(15-2)10(14)6-12(9)17(19)20/h5-8,15H,3-4H2,1-2H3,(H,16,18). The zero-order chi connectivity index (χ0) is 14.9. The number of nitrogens with zero attached hydrogens (tertiary/aromatic N) is 1. The van der Waals surface area contributed by atoms with E-state index in [0.29, 0.717) is 5.92 Å². The predicted octanol–water partition coefficient (Wildman–Crippen LogP) is 2.30. The molecule has 6 nitrogen and oxygen atoms in total. The number of nitro benzene ring substituents is 1. The average molecular weight is 281 g/mol. The zero-order valence-corrected chi connectivity index (χ0v) is 11.3. The third-order valence-electron chi connectivity index (χ3n) is 3.48. The summed E-state index contributed by atoms with van der Waals surface area (Å²) in [5, 5.41) is 16.2. The fourth-order valence-corrected chi connectivity index (χ4v) is 2.09. The van der Waals surface area contributed by atoms with Crippen molar-refractivity contribution in [3.05, 3.63) is 33.6 Å². The number of hydrogen-bond donors (Lipinski definition) is 2. The maximum absolute atomic E-state index is 13.6. The number of halogens is 1. The molecule has 2 N–H and O–H groups in total. The molecule has 108 valence electrons. The summed E-state index contributed by atoms with van der Waals surface area (Å²) in [4.78, 5) is 22.3. The smallest absolute Gasteiger partial charge is 0.285 e. The van der Waals surface area contributed by atoms with Gasteiger partial charge in [0.25, 0.3) is 11.6 Å². The summed E-state index contributed by atoms with van der Waals surface area (Å²) in [5.41, 5.74) is -0.602. The number of benzene rings is 1. The Hall–Kier alpha value is -2.18. The molecule has 1 aliphatic carbocycles. The van der Waals surface area contributed by atoms with Crippen molar-refractivity contribution in [2.75, 3.05) is 12.4 Å². The van der Waals surface area contributed by atoms with Crippen molar-refractivity contribution in [1.29, 1.82) is 0 Å². The molecule has 1 amide bonds. The van der Waals surface area contributed by atoms with Gasteiger partial charge < -0.3 is 10.6 Å². The van der Waals surface area contributed by atoms with Crippen LogP contribution in [0.15, 0.2) is 12.1 Å². The Morgan fingerprint density at radius 1 is 1.50 bits per heavy atom. The van der Waals surface area contributed by atoms with Crippen LogP contribution in [-0.4, -0.2) is 23.9 Å². The molecule has 1 aromatic rings. The summed E-state index contributed by atoms with van der Waals surface area (Å²) in [5.74, 6) is -0.874. The second-order valence-corrected chi connectivity index (χ2v) is 4.96. The maximum Gasteiger partial charge on any atom is 0.285 e. The Morgan fingerprint density at radius 2 is 2.15 bits per heavy atom. The third kappa shape index (κ3) is 2.87. The van der Waals surface area contributed by atoms with Crippen molar-refractivity contribution in [3.63, 3.8) is 0 Å². The molecule has 1 atom stereocenters. The van der Waals surface area contributed by atoms with E-state index in [-0.39, 0.29) is 17.3 Å². The minimum absolute atomic E-state index is 0.0369. The quantitative estimate of drug-likeness (QED) is 0.640. The molecule has 2 rings (SSSR count). The van der Waals surface area contributed by atoms with E-state index in [4.69, 9.17) is 0 Å². The van der Waals surface area contributed by atoms with Gasteiger partial charge in [0.05, 0.1) is 16.7 Å². The molecule has 1 saturated carbocycles. The van der Waals surface area contributed by atoms with Crippen LogP contribution >= 0.6 is 0 Å². The van der Waals surface area contributed by atoms with Crippen LogP contribution in [0.4, 0.5) is 15.8 Å². The van der Waals surface area contributed by atoms with Gasteiger partial charge in [-0.1, -0.05) is 0 Å². The van der Waals surface area contributed by atoms with Gasteiger partial charge in [0.2, 0.25) is 0 Å². The van der Waals surface area contributed by atoms with Gasteiger partial charge >= 0.3 is 0 Å². The van der Waals surface area contributed by atoms with Crippen molar-refractivity contribution in [1.82, 2.24) is 5.32 Å². The zero-order valence-electron chi connectivity index (χ0n) is 11.3. The fourth-order valence-electron chi connectivity index (χ4n) is 2.09. The first-order valence-corrected chi connectivity index (χ1v) is 6.40. The van der Waals surface area contributed by atoms with Gasteiger partial charge in [0.1, 0.15) is 5.56 Å². The molecule has 1 aromatic carbocycles. The van der Waals surface area contributed by atoms with Crippen molar-refractivity contribution in [2.24, 2.45) is 5.92 Å². The number of carbonyl (C=O) groups excluding carboxylic acids is 1. The lowest BCUT2D eigenvalue weighted by atomic mass is 10.1. The maximum atomic E-state index is 13.6. The van der Waals surface area contributed by atoms with Crippen molar-refractivity contribution >= 4 is 17.3 Å². The lowest BCUT2D eigenvalue weighted by Crippen LogP contribution is -2.34. The summed E-state index contributed by atoms with van der Waals surface area (Å²) in [7, 11) is 1.48. The summed E-state index contributed by atoms with van der Waals surface area (Å²) < 4.78 is 13.6. The van der Waals surface area contributed by atoms with E-state index in [1.165, 1.54) is 13.1 Å². The van der Waals surface area contributed by atoms with E-state index in [9.17, 15) is 19.3 Å². The molecular weight excluding hydrogens is 265 g/mol. The number of anilines is 1. The number of nitrogens with one attached hydrogen (secondary N) is 2. The SMILES string of the molecule is CNc1cc(C(=O)NC(C)C2CC2)c([N+](=O)[O-])cc1F. The number of hydrogen-bond acceptors (Lipinski definition) is 4. The molecule has 0 spiro atoms. The number of rotatable bonds is 5. The van der Waals surface area contributed by atoms with E-state index >= 15 is 0 Å². The van der Waals surface area contributed by atoms with Crippen molar-refractivity contribution in [2.45, 2.75) is 25.8 Å². The van der Waals surface area contributed by atoms with Crippen LogP contribution in [-0.2, 0) is 0 Å². The normalized spacial score (nSPS) is 15.6. The van der Waals surface area contributed by atoms with Crippen LogP contribution in [0.2, 0.25) is 0 Å². The third-order valence-corrected chi connectivity index (χ3v) is 3.48. The molecule has 0 radical (unpaired) electrons. The van der Waals surface area contributed by atoms with Crippen molar-refractivity contribution < 1.29 is 14.1 Å². The molecule has 0 aromatic heterocycles. The first-order chi connectivity index (χ1) is 9.43. The van der Waals surface area contributed by atoms with Crippen LogP contribution in [0.25, 0.3) is 0 Å². The molecule has 20 heavy (non-hydrogen) atoms. The minimum Gasteiger partial charge on any atom is -0.386 e. The van der Waals surface area contributed by atoms with E-state index in [1.54, 1.807) is 0 Å².